The van der Waals surface area contributed by atoms with Crippen molar-refractivity contribution >= 4 is 16.6 Å². The third kappa shape index (κ3) is 1.49. The zero-order valence-corrected chi connectivity index (χ0v) is 10.6. The lowest BCUT2D eigenvalue weighted by Gasteiger charge is -2.09. The summed E-state index contributed by atoms with van der Waals surface area (Å²) in [6.07, 6.45) is 0.744. The summed E-state index contributed by atoms with van der Waals surface area (Å²) in [5.41, 5.74) is 10.2. The van der Waals surface area contributed by atoms with E-state index in [9.17, 15) is 0 Å². The Balaban J connectivity index is 2.52. The van der Waals surface area contributed by atoms with Crippen LogP contribution < -0.4 is 5.73 Å². The molecule has 0 fully saturated rings. The maximum atomic E-state index is 5.64. The maximum absolute atomic E-state index is 5.64. The molecule has 0 bridgehead atoms. The Hall–Kier alpha value is -1.94. The molecule has 4 heteroatoms. The molecule has 92 valence electrons. The third-order valence-electron chi connectivity index (χ3n) is 3.35. The lowest BCUT2D eigenvalue weighted by atomic mass is 10.1. The van der Waals surface area contributed by atoms with Crippen LogP contribution >= 0.6 is 0 Å². The molecule has 0 atom stereocenters. The van der Waals surface area contributed by atoms with E-state index >= 15 is 0 Å². The number of para-hydroxylation sites is 1. The van der Waals surface area contributed by atoms with Gasteiger partial charge in [-0.3, -0.25) is 4.40 Å². The highest BCUT2D eigenvalue weighted by atomic mass is 15.2. The van der Waals surface area contributed by atoms with Gasteiger partial charge in [-0.1, -0.05) is 18.2 Å². The number of nitrogens with zero attached hydrogens (tertiary/aromatic N) is 3. The number of pyridine rings is 1. The van der Waals surface area contributed by atoms with Crippen LogP contribution in [0.5, 0.6) is 0 Å². The average Bonchev–Trinajstić information content (AvgIpc) is 2.73. The molecular formula is C14H16N4. The summed E-state index contributed by atoms with van der Waals surface area (Å²) in [6, 6.07) is 8.43. The molecular weight excluding hydrogens is 224 g/mol. The average molecular weight is 240 g/mol. The summed E-state index contributed by atoms with van der Waals surface area (Å²) in [7, 11) is 0. The van der Waals surface area contributed by atoms with Crippen molar-refractivity contribution in [2.24, 2.45) is 5.73 Å². The number of nitrogens with two attached hydrogens (primary N) is 1. The zero-order valence-electron chi connectivity index (χ0n) is 10.6. The van der Waals surface area contributed by atoms with Gasteiger partial charge in [-0.2, -0.15) is 0 Å². The van der Waals surface area contributed by atoms with E-state index in [-0.39, 0.29) is 0 Å². The molecule has 2 heterocycles. The number of hydrogen-bond donors (Lipinski definition) is 1. The molecule has 0 spiro atoms. The number of fused-ring (bicyclic) bond motifs is 3. The minimum atomic E-state index is 0.585. The summed E-state index contributed by atoms with van der Waals surface area (Å²) in [6.45, 7) is 4.81. The number of benzene rings is 1. The van der Waals surface area contributed by atoms with Gasteiger partial charge < -0.3 is 5.73 Å². The Labute approximate surface area is 105 Å². The Bertz CT molecular complexity index is 727. The molecule has 0 saturated carbocycles. The van der Waals surface area contributed by atoms with E-state index < -0.39 is 0 Å². The van der Waals surface area contributed by atoms with Crippen LogP contribution in [0.1, 0.15) is 17.0 Å². The third-order valence-corrected chi connectivity index (χ3v) is 3.35. The first-order valence-electron chi connectivity index (χ1n) is 6.15. The van der Waals surface area contributed by atoms with Crippen LogP contribution in [0.4, 0.5) is 0 Å². The first-order valence-corrected chi connectivity index (χ1v) is 6.15. The highest BCUT2D eigenvalue weighted by Gasteiger charge is 2.11. The van der Waals surface area contributed by atoms with Crippen molar-refractivity contribution in [3.8, 4) is 0 Å². The van der Waals surface area contributed by atoms with Crippen LogP contribution in [0.3, 0.4) is 0 Å². The van der Waals surface area contributed by atoms with Gasteiger partial charge in [0.15, 0.2) is 5.65 Å². The van der Waals surface area contributed by atoms with E-state index in [0.717, 1.165) is 17.9 Å². The van der Waals surface area contributed by atoms with Crippen molar-refractivity contribution in [3.63, 3.8) is 0 Å². The number of hydrogen-bond acceptors (Lipinski definition) is 3. The molecule has 0 unspecified atom stereocenters. The highest BCUT2D eigenvalue weighted by Crippen LogP contribution is 2.24. The van der Waals surface area contributed by atoms with E-state index in [2.05, 4.69) is 52.7 Å². The smallest absolute Gasteiger partial charge is 0.161 e. The first-order chi connectivity index (χ1) is 8.72. The normalized spacial score (nSPS) is 11.5. The van der Waals surface area contributed by atoms with Gasteiger partial charge in [-0.25, -0.2) is 0 Å². The van der Waals surface area contributed by atoms with Gasteiger partial charge in [-0.15, -0.1) is 10.2 Å². The summed E-state index contributed by atoms with van der Waals surface area (Å²) in [5.74, 6) is 0.937. The van der Waals surface area contributed by atoms with Crippen molar-refractivity contribution < 1.29 is 0 Å². The number of rotatable bonds is 2. The predicted octanol–water partition coefficient (Wildman–Crippen LogP) is 2.00. The molecule has 3 aromatic rings. The molecule has 0 aliphatic rings. The molecule has 4 nitrogen and oxygen atoms in total. The fourth-order valence-corrected chi connectivity index (χ4v) is 2.50. The van der Waals surface area contributed by atoms with Gasteiger partial charge >= 0.3 is 0 Å². The topological polar surface area (TPSA) is 56.2 Å². The molecule has 0 aliphatic heterocycles. The van der Waals surface area contributed by atoms with Gasteiger partial charge in [0, 0.05) is 11.8 Å². The predicted molar refractivity (Wildman–Crippen MR) is 72.7 cm³/mol. The monoisotopic (exact) mass is 240 g/mol. The first kappa shape index (κ1) is 11.2. The summed E-state index contributed by atoms with van der Waals surface area (Å²) in [5, 5.41) is 9.75. The molecule has 0 aliphatic carbocycles. The fraction of sp³-hybridized carbons (Fsp3) is 0.286. The molecule has 2 N–H and O–H groups in total. The Morgan fingerprint density at radius 2 is 2.00 bits per heavy atom. The molecule has 0 amide bonds. The second-order valence-electron chi connectivity index (χ2n) is 4.65. The van der Waals surface area contributed by atoms with Crippen molar-refractivity contribution in [2.75, 3.05) is 6.54 Å². The largest absolute Gasteiger partial charge is 0.330 e. The second kappa shape index (κ2) is 4.07. The number of aromatic nitrogens is 3. The van der Waals surface area contributed by atoms with Crippen LogP contribution in [-0.2, 0) is 6.42 Å². The van der Waals surface area contributed by atoms with E-state index in [4.69, 9.17) is 5.73 Å². The number of aryl methyl sites for hydroxylation is 2. The highest BCUT2D eigenvalue weighted by molar-refractivity contribution is 5.88. The molecule has 2 aromatic heterocycles. The van der Waals surface area contributed by atoms with Crippen LogP contribution in [-0.4, -0.2) is 21.1 Å². The minimum absolute atomic E-state index is 0.585. The minimum Gasteiger partial charge on any atom is -0.330 e. The van der Waals surface area contributed by atoms with Crippen molar-refractivity contribution in [3.05, 3.63) is 41.2 Å². The van der Waals surface area contributed by atoms with Gasteiger partial charge in [0.2, 0.25) is 0 Å². The Morgan fingerprint density at radius 3 is 2.78 bits per heavy atom. The molecule has 3 rings (SSSR count). The molecule has 0 saturated heterocycles. The van der Waals surface area contributed by atoms with Gasteiger partial charge in [-0.05, 0) is 37.6 Å². The maximum Gasteiger partial charge on any atom is 0.161 e. The zero-order chi connectivity index (χ0) is 12.7. The lowest BCUT2D eigenvalue weighted by Crippen LogP contribution is -2.07. The Morgan fingerprint density at radius 1 is 1.17 bits per heavy atom. The van der Waals surface area contributed by atoms with E-state index in [1.54, 1.807) is 0 Å². The van der Waals surface area contributed by atoms with E-state index in [1.807, 2.05) is 0 Å². The van der Waals surface area contributed by atoms with E-state index in [0.29, 0.717) is 6.54 Å². The summed E-state index contributed by atoms with van der Waals surface area (Å²) < 4.78 is 2.13. The van der Waals surface area contributed by atoms with Crippen LogP contribution in [0.25, 0.3) is 16.6 Å². The van der Waals surface area contributed by atoms with Gasteiger partial charge in [0.1, 0.15) is 5.82 Å². The van der Waals surface area contributed by atoms with Gasteiger partial charge in [0.05, 0.1) is 5.52 Å². The van der Waals surface area contributed by atoms with Crippen LogP contribution in [0.15, 0.2) is 24.3 Å². The van der Waals surface area contributed by atoms with Crippen molar-refractivity contribution in [1.29, 1.82) is 0 Å². The standard InChI is InChI=1S/C14H16N4/c1-9-4-3-5-11-10(2)8-13-17-16-12(6-7-15)18(13)14(9)11/h3-5,8H,6-7,15H2,1-2H3. The Kier molecular flexibility index (Phi) is 2.52. The van der Waals surface area contributed by atoms with Gasteiger partial charge in [0.25, 0.3) is 0 Å². The summed E-state index contributed by atoms with van der Waals surface area (Å²) >= 11 is 0. The van der Waals surface area contributed by atoms with E-state index in [1.165, 1.54) is 22.0 Å². The lowest BCUT2D eigenvalue weighted by molar-refractivity contribution is 0.856. The van der Waals surface area contributed by atoms with Crippen LogP contribution in [0, 0.1) is 13.8 Å². The SMILES string of the molecule is Cc1cc2nnc(CCN)n2c2c(C)cccc12. The molecule has 1 aromatic carbocycles. The molecule has 0 radical (unpaired) electrons. The second-order valence-corrected chi connectivity index (χ2v) is 4.65. The van der Waals surface area contributed by atoms with Crippen LogP contribution in [0.2, 0.25) is 0 Å². The fourth-order valence-electron chi connectivity index (χ4n) is 2.50. The van der Waals surface area contributed by atoms with Crippen molar-refractivity contribution in [2.45, 2.75) is 20.3 Å². The molecule has 18 heavy (non-hydrogen) atoms. The van der Waals surface area contributed by atoms with Crippen molar-refractivity contribution in [1.82, 2.24) is 14.6 Å². The quantitative estimate of drug-likeness (QED) is 0.745. The summed E-state index contributed by atoms with van der Waals surface area (Å²) in [4.78, 5) is 0.